The zero-order chi connectivity index (χ0) is 17.5. The lowest BCUT2D eigenvalue weighted by atomic mass is 9.82. The van der Waals surface area contributed by atoms with Gasteiger partial charge in [-0.1, -0.05) is 25.2 Å². The summed E-state index contributed by atoms with van der Waals surface area (Å²) in [6, 6.07) is 0. The van der Waals surface area contributed by atoms with Gasteiger partial charge in [-0.25, -0.2) is 4.79 Å². The normalized spacial score (nSPS) is 46.2. The van der Waals surface area contributed by atoms with Gasteiger partial charge in [0.15, 0.2) is 0 Å². The second kappa shape index (κ2) is 6.64. The number of allylic oxidation sites excluding steroid dienone is 2. The number of hydrogen-bond acceptors (Lipinski definition) is 4. The quantitative estimate of drug-likeness (QED) is 0.319. The van der Waals surface area contributed by atoms with Gasteiger partial charge in [-0.15, -0.1) is 0 Å². The maximum absolute atomic E-state index is 12.0. The van der Waals surface area contributed by atoms with Crippen molar-refractivity contribution in [2.75, 3.05) is 0 Å². The molecule has 2 saturated heterocycles. The summed E-state index contributed by atoms with van der Waals surface area (Å²) in [4.78, 5) is 12.0. The summed E-state index contributed by atoms with van der Waals surface area (Å²) >= 11 is 0. The summed E-state index contributed by atoms with van der Waals surface area (Å²) in [7, 11) is 0. The van der Waals surface area contributed by atoms with Gasteiger partial charge in [0.1, 0.15) is 6.10 Å². The molecule has 2 heterocycles. The molecule has 0 amide bonds. The number of carbonyl (C=O) groups is 1. The number of rotatable bonds is 0. The van der Waals surface area contributed by atoms with Crippen molar-refractivity contribution in [2.45, 2.75) is 83.2 Å². The third-order valence-electron chi connectivity index (χ3n) is 6.14. The monoisotopic (exact) mass is 334 g/mol. The van der Waals surface area contributed by atoms with Crippen LogP contribution < -0.4 is 0 Å². The van der Waals surface area contributed by atoms with Crippen LogP contribution in [0, 0.1) is 11.8 Å². The van der Waals surface area contributed by atoms with Gasteiger partial charge in [-0.05, 0) is 58.3 Å². The SMILES string of the molecule is C=C1C(=O)O[C@H]2[C@@H](O)[C@H](C)CCC/C(C)=C/CC[C@@]3(C)O[C@H]3C[C@@H]12. The van der Waals surface area contributed by atoms with Gasteiger partial charge in [0.2, 0.25) is 0 Å². The average molecular weight is 334 g/mol. The predicted octanol–water partition coefficient (Wildman–Crippen LogP) is 3.54. The first-order chi connectivity index (χ1) is 11.3. The van der Waals surface area contributed by atoms with Crippen LogP contribution in [0.4, 0.5) is 0 Å². The van der Waals surface area contributed by atoms with Crippen molar-refractivity contribution >= 4 is 5.97 Å². The van der Waals surface area contributed by atoms with Crippen LogP contribution in [-0.2, 0) is 14.3 Å². The van der Waals surface area contributed by atoms with E-state index in [0.29, 0.717) is 12.0 Å². The van der Waals surface area contributed by atoms with Gasteiger partial charge in [-0.3, -0.25) is 0 Å². The number of aliphatic hydroxyl groups excluding tert-OH is 1. The molecule has 6 atom stereocenters. The molecule has 134 valence electrons. The Morgan fingerprint density at radius 2 is 2.17 bits per heavy atom. The Kier molecular flexibility index (Phi) is 4.89. The lowest BCUT2D eigenvalue weighted by Crippen LogP contribution is -2.37. The fourth-order valence-electron chi connectivity index (χ4n) is 4.16. The van der Waals surface area contributed by atoms with Gasteiger partial charge in [0, 0.05) is 11.5 Å². The van der Waals surface area contributed by atoms with Crippen molar-refractivity contribution in [3.05, 3.63) is 23.8 Å². The molecule has 0 unspecified atom stereocenters. The molecule has 2 fully saturated rings. The van der Waals surface area contributed by atoms with Crippen LogP contribution in [0.5, 0.6) is 0 Å². The number of carbonyl (C=O) groups excluding carboxylic acids is 1. The van der Waals surface area contributed by atoms with Gasteiger partial charge in [-0.2, -0.15) is 0 Å². The van der Waals surface area contributed by atoms with E-state index in [1.165, 1.54) is 5.57 Å². The smallest absolute Gasteiger partial charge is 0.334 e. The maximum atomic E-state index is 12.0. The Hall–Kier alpha value is -1.13. The molecule has 0 radical (unpaired) electrons. The Morgan fingerprint density at radius 1 is 1.42 bits per heavy atom. The zero-order valence-electron chi connectivity index (χ0n) is 15.1. The van der Waals surface area contributed by atoms with Crippen molar-refractivity contribution in [1.82, 2.24) is 0 Å². The van der Waals surface area contributed by atoms with Gasteiger partial charge < -0.3 is 14.6 Å². The van der Waals surface area contributed by atoms with E-state index in [9.17, 15) is 9.90 Å². The summed E-state index contributed by atoms with van der Waals surface area (Å²) in [5.41, 5.74) is 1.79. The molecule has 2 aliphatic heterocycles. The number of hydrogen-bond donors (Lipinski definition) is 1. The highest BCUT2D eigenvalue weighted by molar-refractivity contribution is 5.90. The van der Waals surface area contributed by atoms with Crippen LogP contribution in [-0.4, -0.2) is 35.0 Å². The molecule has 1 aliphatic carbocycles. The third kappa shape index (κ3) is 3.45. The highest BCUT2D eigenvalue weighted by Crippen LogP contribution is 2.47. The molecule has 0 aromatic carbocycles. The molecule has 1 N–H and O–H groups in total. The van der Waals surface area contributed by atoms with Gasteiger partial charge in [0.05, 0.1) is 17.8 Å². The third-order valence-corrected chi connectivity index (χ3v) is 6.14. The molecule has 0 aromatic rings. The van der Waals surface area contributed by atoms with E-state index >= 15 is 0 Å². The van der Waals surface area contributed by atoms with E-state index < -0.39 is 12.2 Å². The molecule has 4 nitrogen and oxygen atoms in total. The largest absolute Gasteiger partial charge is 0.456 e. The van der Waals surface area contributed by atoms with Crippen LogP contribution in [0.2, 0.25) is 0 Å². The lowest BCUT2D eigenvalue weighted by molar-refractivity contribution is -0.146. The Labute approximate surface area is 144 Å². The van der Waals surface area contributed by atoms with Crippen molar-refractivity contribution in [3.8, 4) is 0 Å². The summed E-state index contributed by atoms with van der Waals surface area (Å²) < 4.78 is 11.4. The zero-order valence-corrected chi connectivity index (χ0v) is 15.1. The number of ether oxygens (including phenoxy) is 2. The lowest BCUT2D eigenvalue weighted by Gasteiger charge is -2.27. The molecular formula is C20H30O4. The fourth-order valence-corrected chi connectivity index (χ4v) is 4.16. The van der Waals surface area contributed by atoms with Gasteiger partial charge in [0.25, 0.3) is 0 Å². The fraction of sp³-hybridized carbons (Fsp3) is 0.750. The van der Waals surface area contributed by atoms with Gasteiger partial charge >= 0.3 is 5.97 Å². The number of esters is 1. The standard InChI is InChI=1S/C20H30O4/c1-12-7-5-9-13(2)17(21)18-15(14(3)19(22)23-18)11-16-20(4,24-16)10-6-8-12/h8,13,15-18,21H,3,5-7,9-11H2,1-2,4H3/b12-8+/t13-,15+,16+,17+,18-,20-/m1/s1. The van der Waals surface area contributed by atoms with Crippen molar-refractivity contribution in [1.29, 1.82) is 0 Å². The molecule has 0 spiro atoms. The molecule has 24 heavy (non-hydrogen) atoms. The minimum Gasteiger partial charge on any atom is -0.456 e. The highest BCUT2D eigenvalue weighted by atomic mass is 16.6. The van der Waals surface area contributed by atoms with Crippen LogP contribution in [0.15, 0.2) is 23.8 Å². The first kappa shape index (κ1) is 17.7. The van der Waals surface area contributed by atoms with E-state index in [4.69, 9.17) is 9.47 Å². The highest BCUT2D eigenvalue weighted by Gasteiger charge is 2.55. The van der Waals surface area contributed by atoms with E-state index in [0.717, 1.165) is 32.1 Å². The molecule has 4 heteroatoms. The van der Waals surface area contributed by atoms with E-state index in [2.05, 4.69) is 26.5 Å². The predicted molar refractivity (Wildman–Crippen MR) is 92.4 cm³/mol. The molecule has 3 rings (SSSR count). The average Bonchev–Trinajstić information content (AvgIpc) is 3.08. The van der Waals surface area contributed by atoms with Crippen molar-refractivity contribution in [2.24, 2.45) is 11.8 Å². The Balaban J connectivity index is 1.79. The Bertz CT molecular complexity index is 552. The second-order valence-corrected chi connectivity index (χ2v) is 8.11. The van der Waals surface area contributed by atoms with Crippen LogP contribution in [0.1, 0.15) is 59.3 Å². The summed E-state index contributed by atoms with van der Waals surface area (Å²) in [6.45, 7) is 10.3. The van der Waals surface area contributed by atoms with E-state index in [-0.39, 0.29) is 29.5 Å². The maximum Gasteiger partial charge on any atom is 0.334 e. The number of fused-ring (bicyclic) bond motifs is 2. The first-order valence-corrected chi connectivity index (χ1v) is 9.23. The Morgan fingerprint density at radius 3 is 2.92 bits per heavy atom. The van der Waals surface area contributed by atoms with Crippen molar-refractivity contribution < 1.29 is 19.4 Å². The number of aliphatic hydroxyl groups is 1. The molecule has 0 aromatic heterocycles. The van der Waals surface area contributed by atoms with E-state index in [1.54, 1.807) is 0 Å². The van der Waals surface area contributed by atoms with Crippen molar-refractivity contribution in [3.63, 3.8) is 0 Å². The van der Waals surface area contributed by atoms with Crippen LogP contribution in [0.3, 0.4) is 0 Å². The second-order valence-electron chi connectivity index (χ2n) is 8.11. The van der Waals surface area contributed by atoms with Crippen LogP contribution in [0.25, 0.3) is 0 Å². The molecular weight excluding hydrogens is 304 g/mol. The summed E-state index contributed by atoms with van der Waals surface area (Å²) in [5.74, 6) is -0.402. The first-order valence-electron chi connectivity index (χ1n) is 9.23. The number of epoxide rings is 1. The minimum atomic E-state index is -0.643. The minimum absolute atomic E-state index is 0.0958. The summed E-state index contributed by atoms with van der Waals surface area (Å²) in [6.07, 6.45) is 7.07. The van der Waals surface area contributed by atoms with E-state index in [1.807, 2.05) is 6.92 Å². The molecule has 0 bridgehead atoms. The topological polar surface area (TPSA) is 59.1 Å². The summed E-state index contributed by atoms with van der Waals surface area (Å²) in [5, 5.41) is 10.7. The molecule has 0 saturated carbocycles. The molecule has 3 aliphatic rings. The van der Waals surface area contributed by atoms with Crippen LogP contribution >= 0.6 is 0 Å².